The van der Waals surface area contributed by atoms with Crippen molar-refractivity contribution in [3.05, 3.63) is 98.1 Å². The zero-order valence-electron chi connectivity index (χ0n) is 19.5. The summed E-state index contributed by atoms with van der Waals surface area (Å²) >= 11 is 6.32. The normalized spacial score (nSPS) is 14.9. The van der Waals surface area contributed by atoms with Crippen molar-refractivity contribution in [1.82, 2.24) is 9.88 Å². The third kappa shape index (κ3) is 3.91. The molecule has 1 amide bonds. The number of ether oxygens (including phenoxy) is 2. The van der Waals surface area contributed by atoms with Gasteiger partial charge in [0.1, 0.15) is 5.58 Å². The van der Waals surface area contributed by atoms with E-state index in [9.17, 15) is 9.59 Å². The number of nitrogens with zero attached hydrogens (tertiary/aromatic N) is 2. The van der Waals surface area contributed by atoms with Crippen LogP contribution in [0.15, 0.2) is 64.1 Å². The Bertz CT molecular complexity index is 1500. The smallest absolute Gasteiger partial charge is 0.291 e. The summed E-state index contributed by atoms with van der Waals surface area (Å²) in [5.74, 6) is 0.754. The quantitative estimate of drug-likeness (QED) is 0.364. The lowest BCUT2D eigenvalue weighted by molar-refractivity contribution is 0.0714. The van der Waals surface area contributed by atoms with E-state index in [0.717, 1.165) is 11.1 Å². The predicted molar refractivity (Wildman–Crippen MR) is 132 cm³/mol. The Morgan fingerprint density at radius 2 is 1.97 bits per heavy atom. The molecule has 178 valence electrons. The molecule has 3 heterocycles. The van der Waals surface area contributed by atoms with Crippen molar-refractivity contribution < 1.29 is 18.7 Å². The number of carbonyl (C=O) groups is 1. The number of aromatic nitrogens is 1. The van der Waals surface area contributed by atoms with Crippen molar-refractivity contribution in [1.29, 1.82) is 0 Å². The minimum absolute atomic E-state index is 0.0333. The minimum Gasteiger partial charge on any atom is -0.493 e. The third-order valence-electron chi connectivity index (χ3n) is 6.13. The summed E-state index contributed by atoms with van der Waals surface area (Å²) in [5.41, 5.74) is 2.60. The number of hydrogen-bond acceptors (Lipinski definition) is 6. The maximum atomic E-state index is 13.8. The van der Waals surface area contributed by atoms with Gasteiger partial charge in [0.05, 0.1) is 30.7 Å². The second kappa shape index (κ2) is 9.07. The fourth-order valence-electron chi connectivity index (χ4n) is 4.47. The van der Waals surface area contributed by atoms with E-state index in [1.54, 1.807) is 54.7 Å². The molecule has 8 heteroatoms. The van der Waals surface area contributed by atoms with Gasteiger partial charge < -0.3 is 18.8 Å². The topological polar surface area (TPSA) is 81.9 Å². The van der Waals surface area contributed by atoms with Crippen molar-refractivity contribution in [2.45, 2.75) is 26.4 Å². The summed E-state index contributed by atoms with van der Waals surface area (Å²) in [4.78, 5) is 33.2. The van der Waals surface area contributed by atoms with E-state index in [4.69, 9.17) is 25.5 Å². The van der Waals surface area contributed by atoms with Crippen molar-refractivity contribution >= 4 is 28.5 Å². The van der Waals surface area contributed by atoms with Crippen molar-refractivity contribution in [2.24, 2.45) is 0 Å². The molecule has 0 saturated carbocycles. The molecule has 0 bridgehead atoms. The molecule has 7 nitrogen and oxygen atoms in total. The molecule has 0 spiro atoms. The van der Waals surface area contributed by atoms with E-state index in [1.165, 1.54) is 0 Å². The standard InChI is InChI=1S/C27H23ClN2O5/c1-4-34-20-8-7-17(11-22(20)33-3)24-23-25(31)18-12-19(28)15(2)10-21(18)35-26(23)27(32)30(24)14-16-6-5-9-29-13-16/h5-13,24H,4,14H2,1-3H3/t24-/m0/s1. The average molecular weight is 491 g/mol. The van der Waals surface area contributed by atoms with E-state index < -0.39 is 6.04 Å². The minimum atomic E-state index is -0.692. The molecule has 0 radical (unpaired) electrons. The Labute approximate surface area is 206 Å². The first kappa shape index (κ1) is 22.9. The van der Waals surface area contributed by atoms with Crippen LogP contribution < -0.4 is 14.9 Å². The number of methoxy groups -OCH3 is 1. The van der Waals surface area contributed by atoms with Gasteiger partial charge >= 0.3 is 0 Å². The number of pyridine rings is 1. The Morgan fingerprint density at radius 3 is 2.69 bits per heavy atom. The Morgan fingerprint density at radius 1 is 1.14 bits per heavy atom. The molecule has 5 rings (SSSR count). The fourth-order valence-corrected chi connectivity index (χ4v) is 4.63. The summed E-state index contributed by atoms with van der Waals surface area (Å²) in [6.07, 6.45) is 3.36. The summed E-state index contributed by atoms with van der Waals surface area (Å²) in [5, 5.41) is 0.791. The van der Waals surface area contributed by atoms with Crippen LogP contribution in [-0.2, 0) is 6.54 Å². The number of fused-ring (bicyclic) bond motifs is 2. The van der Waals surface area contributed by atoms with Crippen LogP contribution in [-0.4, -0.2) is 29.5 Å². The second-order valence-electron chi connectivity index (χ2n) is 8.31. The summed E-state index contributed by atoms with van der Waals surface area (Å²) in [7, 11) is 1.55. The molecule has 35 heavy (non-hydrogen) atoms. The predicted octanol–water partition coefficient (Wildman–Crippen LogP) is 5.30. The summed E-state index contributed by atoms with van der Waals surface area (Å²) < 4.78 is 17.2. The lowest BCUT2D eigenvalue weighted by atomic mass is 9.97. The van der Waals surface area contributed by atoms with Crippen molar-refractivity contribution in [3.8, 4) is 11.5 Å². The Hall–Kier alpha value is -3.84. The first-order valence-electron chi connectivity index (χ1n) is 11.2. The highest BCUT2D eigenvalue weighted by Crippen LogP contribution is 2.42. The number of benzene rings is 2. The van der Waals surface area contributed by atoms with Gasteiger partial charge in [0.2, 0.25) is 5.76 Å². The zero-order chi connectivity index (χ0) is 24.7. The van der Waals surface area contributed by atoms with E-state index in [0.29, 0.717) is 39.7 Å². The van der Waals surface area contributed by atoms with Gasteiger partial charge in [0.15, 0.2) is 16.9 Å². The molecule has 0 N–H and O–H groups in total. The maximum absolute atomic E-state index is 13.8. The molecule has 2 aromatic carbocycles. The Kier molecular flexibility index (Phi) is 5.94. The average Bonchev–Trinajstić information content (AvgIpc) is 3.13. The van der Waals surface area contributed by atoms with Crippen LogP contribution in [0.1, 0.15) is 45.8 Å². The van der Waals surface area contributed by atoms with Crippen LogP contribution in [0.25, 0.3) is 11.0 Å². The van der Waals surface area contributed by atoms with Gasteiger partial charge in [-0.1, -0.05) is 23.7 Å². The molecule has 0 fully saturated rings. The maximum Gasteiger partial charge on any atom is 0.291 e. The SMILES string of the molecule is CCOc1ccc([C@H]2c3c(oc4cc(C)c(Cl)cc4c3=O)C(=O)N2Cc2cccnc2)cc1OC. The highest BCUT2D eigenvalue weighted by molar-refractivity contribution is 6.32. The van der Waals surface area contributed by atoms with Crippen molar-refractivity contribution in [3.63, 3.8) is 0 Å². The van der Waals surface area contributed by atoms with Crippen LogP contribution >= 0.6 is 11.6 Å². The number of hydrogen-bond donors (Lipinski definition) is 0. The molecule has 2 aromatic heterocycles. The molecule has 1 aliphatic rings. The van der Waals surface area contributed by atoms with Crippen LogP contribution in [0.2, 0.25) is 5.02 Å². The van der Waals surface area contributed by atoms with Gasteiger partial charge in [-0.25, -0.2) is 0 Å². The zero-order valence-corrected chi connectivity index (χ0v) is 20.3. The highest BCUT2D eigenvalue weighted by Gasteiger charge is 2.43. The lowest BCUT2D eigenvalue weighted by Crippen LogP contribution is -2.29. The molecule has 0 aliphatic carbocycles. The molecular weight excluding hydrogens is 468 g/mol. The van der Waals surface area contributed by atoms with Gasteiger partial charge in [-0.15, -0.1) is 0 Å². The molecule has 4 aromatic rings. The lowest BCUT2D eigenvalue weighted by Gasteiger charge is -2.25. The first-order chi connectivity index (χ1) is 16.9. The van der Waals surface area contributed by atoms with Gasteiger partial charge in [-0.3, -0.25) is 14.6 Å². The van der Waals surface area contributed by atoms with E-state index in [2.05, 4.69) is 4.98 Å². The van der Waals surface area contributed by atoms with Gasteiger partial charge in [0, 0.05) is 24.0 Å². The number of amides is 1. The third-order valence-corrected chi connectivity index (χ3v) is 6.53. The number of aryl methyl sites for hydroxylation is 1. The molecular formula is C27H23ClN2O5. The second-order valence-corrected chi connectivity index (χ2v) is 8.72. The molecule has 1 atom stereocenters. The van der Waals surface area contributed by atoms with Crippen molar-refractivity contribution in [2.75, 3.05) is 13.7 Å². The van der Waals surface area contributed by atoms with E-state index in [1.807, 2.05) is 26.0 Å². The van der Waals surface area contributed by atoms with Crippen LogP contribution in [0.4, 0.5) is 0 Å². The first-order valence-corrected chi connectivity index (χ1v) is 11.6. The molecule has 0 unspecified atom stereocenters. The number of carbonyl (C=O) groups excluding carboxylic acids is 1. The van der Waals surface area contributed by atoms with Gasteiger partial charge in [0.25, 0.3) is 5.91 Å². The largest absolute Gasteiger partial charge is 0.493 e. The summed E-state index contributed by atoms with van der Waals surface area (Å²) in [6.45, 7) is 4.43. The van der Waals surface area contributed by atoms with Crippen LogP contribution in [0, 0.1) is 6.92 Å². The van der Waals surface area contributed by atoms with Gasteiger partial charge in [-0.05, 0) is 60.9 Å². The Balaban J connectivity index is 1.73. The molecule has 0 saturated heterocycles. The van der Waals surface area contributed by atoms with Crippen LogP contribution in [0.5, 0.6) is 11.5 Å². The monoisotopic (exact) mass is 490 g/mol. The van der Waals surface area contributed by atoms with Crippen LogP contribution in [0.3, 0.4) is 0 Å². The van der Waals surface area contributed by atoms with E-state index in [-0.39, 0.29) is 29.2 Å². The van der Waals surface area contributed by atoms with Gasteiger partial charge in [-0.2, -0.15) is 0 Å². The number of halogens is 1. The summed E-state index contributed by atoms with van der Waals surface area (Å²) in [6, 6.07) is 11.7. The van der Waals surface area contributed by atoms with E-state index >= 15 is 0 Å². The molecule has 1 aliphatic heterocycles. The number of rotatable bonds is 6. The highest BCUT2D eigenvalue weighted by atomic mass is 35.5. The fraction of sp³-hybridized carbons (Fsp3) is 0.222.